The van der Waals surface area contributed by atoms with Gasteiger partial charge in [-0.15, -0.1) is 0 Å². The van der Waals surface area contributed by atoms with Gasteiger partial charge in [-0.05, 0) is 25.2 Å². The number of hydrogen-bond donors (Lipinski definition) is 1. The number of piperazine rings is 1. The van der Waals surface area contributed by atoms with Gasteiger partial charge in [-0.3, -0.25) is 4.90 Å². The van der Waals surface area contributed by atoms with Crippen LogP contribution in [0.3, 0.4) is 0 Å². The zero-order valence-electron chi connectivity index (χ0n) is 12.9. The molecule has 0 spiro atoms. The molecule has 0 amide bonds. The minimum atomic E-state index is 0.607. The van der Waals surface area contributed by atoms with Crippen molar-refractivity contribution in [2.75, 3.05) is 47.4 Å². The molecule has 112 valence electrons. The Bertz CT molecular complexity index is 410. The summed E-state index contributed by atoms with van der Waals surface area (Å²) in [5.41, 5.74) is 2.56. The molecule has 1 heterocycles. The maximum Gasteiger partial charge on any atom is 0.0713 e. The van der Waals surface area contributed by atoms with Crippen molar-refractivity contribution in [1.82, 2.24) is 15.1 Å². The molecule has 1 aromatic rings. The zero-order valence-corrected chi connectivity index (χ0v) is 12.9. The number of rotatable bonds is 6. The first-order valence-electron chi connectivity index (χ1n) is 7.35. The van der Waals surface area contributed by atoms with Crippen LogP contribution < -0.4 is 5.32 Å². The molecule has 0 bridgehead atoms. The first-order valence-corrected chi connectivity index (χ1v) is 7.35. The molecular weight excluding hydrogens is 250 g/mol. The Labute approximate surface area is 122 Å². The summed E-state index contributed by atoms with van der Waals surface area (Å²) in [6.45, 7) is 6.12. The predicted molar refractivity (Wildman–Crippen MR) is 82.8 cm³/mol. The highest BCUT2D eigenvalue weighted by atomic mass is 16.5. The van der Waals surface area contributed by atoms with Crippen LogP contribution in [0.4, 0.5) is 0 Å². The Balaban J connectivity index is 1.78. The van der Waals surface area contributed by atoms with Crippen molar-refractivity contribution >= 4 is 0 Å². The molecule has 4 heteroatoms. The molecular formula is C16H27N3O. The van der Waals surface area contributed by atoms with Gasteiger partial charge in [0.25, 0.3) is 0 Å². The molecule has 1 atom stereocenters. The SMILES string of the molecule is COCc1cccc(CNCC2CN(C)CCN2C)c1. The number of likely N-dealkylation sites (N-methyl/N-ethyl adjacent to an activating group) is 2. The van der Waals surface area contributed by atoms with E-state index in [0.29, 0.717) is 12.6 Å². The normalized spacial score (nSPS) is 21.2. The highest BCUT2D eigenvalue weighted by Crippen LogP contribution is 2.08. The van der Waals surface area contributed by atoms with Gasteiger partial charge >= 0.3 is 0 Å². The maximum atomic E-state index is 5.18. The van der Waals surface area contributed by atoms with Crippen LogP contribution in [0.5, 0.6) is 0 Å². The molecule has 0 radical (unpaired) electrons. The fourth-order valence-electron chi connectivity index (χ4n) is 2.70. The van der Waals surface area contributed by atoms with Gasteiger partial charge in [-0.2, -0.15) is 0 Å². The van der Waals surface area contributed by atoms with Crippen LogP contribution in [0.15, 0.2) is 24.3 Å². The smallest absolute Gasteiger partial charge is 0.0713 e. The standard InChI is InChI=1S/C16H27N3O/c1-18-7-8-19(2)16(12-18)11-17-10-14-5-4-6-15(9-14)13-20-3/h4-6,9,16-17H,7-8,10-13H2,1-3H3. The molecule has 1 aliphatic heterocycles. The number of nitrogens with zero attached hydrogens (tertiary/aromatic N) is 2. The molecule has 0 aliphatic carbocycles. The average molecular weight is 277 g/mol. The summed E-state index contributed by atoms with van der Waals surface area (Å²) in [5, 5.41) is 3.58. The predicted octanol–water partition coefficient (Wildman–Crippen LogP) is 1.17. The third-order valence-corrected chi connectivity index (χ3v) is 3.99. The number of nitrogens with one attached hydrogen (secondary N) is 1. The summed E-state index contributed by atoms with van der Waals surface area (Å²) in [7, 11) is 6.16. The first-order chi connectivity index (χ1) is 9.69. The van der Waals surface area contributed by atoms with Gasteiger partial charge < -0.3 is 15.0 Å². The van der Waals surface area contributed by atoms with Gasteiger partial charge in [0, 0.05) is 45.9 Å². The van der Waals surface area contributed by atoms with Crippen LogP contribution in [-0.4, -0.2) is 63.2 Å². The van der Waals surface area contributed by atoms with Crippen molar-refractivity contribution in [3.8, 4) is 0 Å². The zero-order chi connectivity index (χ0) is 14.4. The number of benzene rings is 1. The lowest BCUT2D eigenvalue weighted by Gasteiger charge is -2.37. The first kappa shape index (κ1) is 15.4. The number of hydrogen-bond acceptors (Lipinski definition) is 4. The molecule has 0 aromatic heterocycles. The van der Waals surface area contributed by atoms with Crippen LogP contribution in [0.25, 0.3) is 0 Å². The summed E-state index contributed by atoms with van der Waals surface area (Å²) < 4.78 is 5.18. The molecule has 1 saturated heterocycles. The van der Waals surface area contributed by atoms with E-state index in [9.17, 15) is 0 Å². The Hall–Kier alpha value is -0.940. The topological polar surface area (TPSA) is 27.7 Å². The summed E-state index contributed by atoms with van der Waals surface area (Å²) in [6.07, 6.45) is 0. The van der Waals surface area contributed by atoms with Gasteiger partial charge in [0.05, 0.1) is 6.61 Å². The maximum absolute atomic E-state index is 5.18. The summed E-state index contributed by atoms with van der Waals surface area (Å²) in [5.74, 6) is 0. The second kappa shape index (κ2) is 7.74. The molecule has 1 unspecified atom stereocenters. The van der Waals surface area contributed by atoms with E-state index in [0.717, 1.165) is 26.2 Å². The summed E-state index contributed by atoms with van der Waals surface area (Å²) in [6, 6.07) is 9.20. The van der Waals surface area contributed by atoms with E-state index < -0.39 is 0 Å². The average Bonchev–Trinajstić information content (AvgIpc) is 2.43. The molecule has 0 saturated carbocycles. The van der Waals surface area contributed by atoms with Gasteiger partial charge in [0.1, 0.15) is 0 Å². The number of ether oxygens (including phenoxy) is 1. The summed E-state index contributed by atoms with van der Waals surface area (Å²) >= 11 is 0. The van der Waals surface area contributed by atoms with Crippen molar-refractivity contribution in [2.24, 2.45) is 0 Å². The van der Waals surface area contributed by atoms with Crippen molar-refractivity contribution < 1.29 is 4.74 Å². The lowest BCUT2D eigenvalue weighted by atomic mass is 10.1. The largest absolute Gasteiger partial charge is 0.380 e. The molecule has 1 fully saturated rings. The lowest BCUT2D eigenvalue weighted by Crippen LogP contribution is -2.53. The second-order valence-corrected chi connectivity index (χ2v) is 5.78. The highest BCUT2D eigenvalue weighted by Gasteiger charge is 2.21. The molecule has 1 aliphatic rings. The Morgan fingerprint density at radius 3 is 2.85 bits per heavy atom. The Morgan fingerprint density at radius 2 is 2.05 bits per heavy atom. The Morgan fingerprint density at radius 1 is 1.25 bits per heavy atom. The molecule has 20 heavy (non-hydrogen) atoms. The number of methoxy groups -OCH3 is 1. The van der Waals surface area contributed by atoms with E-state index in [1.54, 1.807) is 7.11 Å². The highest BCUT2D eigenvalue weighted by molar-refractivity contribution is 5.22. The molecule has 2 rings (SSSR count). The van der Waals surface area contributed by atoms with Crippen molar-refractivity contribution in [3.05, 3.63) is 35.4 Å². The fourth-order valence-corrected chi connectivity index (χ4v) is 2.70. The van der Waals surface area contributed by atoms with E-state index in [1.165, 1.54) is 17.7 Å². The third kappa shape index (κ3) is 4.56. The van der Waals surface area contributed by atoms with Crippen LogP contribution >= 0.6 is 0 Å². The Kier molecular flexibility index (Phi) is 5.98. The quantitative estimate of drug-likeness (QED) is 0.845. The van der Waals surface area contributed by atoms with E-state index in [1.807, 2.05) is 0 Å². The lowest BCUT2D eigenvalue weighted by molar-refractivity contribution is 0.113. The molecule has 1 N–H and O–H groups in total. The fraction of sp³-hybridized carbons (Fsp3) is 0.625. The van der Waals surface area contributed by atoms with Gasteiger partial charge in [0.15, 0.2) is 0 Å². The van der Waals surface area contributed by atoms with Gasteiger partial charge in [-0.25, -0.2) is 0 Å². The second-order valence-electron chi connectivity index (χ2n) is 5.78. The van der Waals surface area contributed by atoms with Gasteiger partial charge in [0.2, 0.25) is 0 Å². The monoisotopic (exact) mass is 277 g/mol. The molecule has 4 nitrogen and oxygen atoms in total. The van der Waals surface area contributed by atoms with Crippen LogP contribution in [0, 0.1) is 0 Å². The van der Waals surface area contributed by atoms with Gasteiger partial charge in [-0.1, -0.05) is 24.3 Å². The van der Waals surface area contributed by atoms with Crippen LogP contribution in [0.1, 0.15) is 11.1 Å². The van der Waals surface area contributed by atoms with Crippen LogP contribution in [-0.2, 0) is 17.9 Å². The summed E-state index contributed by atoms with van der Waals surface area (Å²) in [4.78, 5) is 4.86. The minimum Gasteiger partial charge on any atom is -0.380 e. The third-order valence-electron chi connectivity index (χ3n) is 3.99. The molecule has 1 aromatic carbocycles. The minimum absolute atomic E-state index is 0.607. The van der Waals surface area contributed by atoms with Crippen molar-refractivity contribution in [1.29, 1.82) is 0 Å². The van der Waals surface area contributed by atoms with E-state index in [2.05, 4.69) is 53.5 Å². The van der Waals surface area contributed by atoms with E-state index >= 15 is 0 Å². The van der Waals surface area contributed by atoms with Crippen molar-refractivity contribution in [2.45, 2.75) is 19.2 Å². The van der Waals surface area contributed by atoms with Crippen molar-refractivity contribution in [3.63, 3.8) is 0 Å². The van der Waals surface area contributed by atoms with E-state index in [-0.39, 0.29) is 0 Å². The van der Waals surface area contributed by atoms with E-state index in [4.69, 9.17) is 4.74 Å². The van der Waals surface area contributed by atoms with Crippen LogP contribution in [0.2, 0.25) is 0 Å².